The van der Waals surface area contributed by atoms with Crippen LogP contribution in [0.1, 0.15) is 38.3 Å². The Kier molecular flexibility index (Phi) is 7.93. The highest BCUT2D eigenvalue weighted by Crippen LogP contribution is 2.26. The minimum atomic E-state index is -3.71. The number of nitrogens with zero attached hydrogens (tertiary/aromatic N) is 1. The van der Waals surface area contributed by atoms with E-state index in [4.69, 9.17) is 16.3 Å². The molecule has 0 radical (unpaired) electrons. The van der Waals surface area contributed by atoms with Crippen LogP contribution in [0.25, 0.3) is 0 Å². The molecule has 2 rings (SSSR count). The minimum Gasteiger partial charge on any atom is -0.497 e. The lowest BCUT2D eigenvalue weighted by atomic mass is 10.0. The highest BCUT2D eigenvalue weighted by Gasteiger charge is 2.32. The second-order valence-electron chi connectivity index (χ2n) is 6.71. The Morgan fingerprint density at radius 3 is 2.28 bits per heavy atom. The van der Waals surface area contributed by atoms with Gasteiger partial charge in [0.1, 0.15) is 11.8 Å². The fourth-order valence-electron chi connectivity index (χ4n) is 3.20. The molecule has 0 aliphatic heterocycles. The summed E-state index contributed by atoms with van der Waals surface area (Å²) in [5.41, 5.74) is 1.28. The summed E-state index contributed by atoms with van der Waals surface area (Å²) in [4.78, 5) is 13.1. The molecular formula is C21H27ClN2O4S. The van der Waals surface area contributed by atoms with E-state index in [0.29, 0.717) is 23.6 Å². The summed E-state index contributed by atoms with van der Waals surface area (Å²) in [6, 6.07) is 12.8. The highest BCUT2D eigenvalue weighted by atomic mass is 35.5. The number of hydrogen-bond acceptors (Lipinski definition) is 4. The number of rotatable bonds is 9. The van der Waals surface area contributed by atoms with Crippen molar-refractivity contribution < 1.29 is 17.9 Å². The van der Waals surface area contributed by atoms with Crippen LogP contribution in [0.4, 0.5) is 5.69 Å². The highest BCUT2D eigenvalue weighted by molar-refractivity contribution is 7.92. The van der Waals surface area contributed by atoms with Crippen LogP contribution in [-0.4, -0.2) is 33.7 Å². The third kappa shape index (κ3) is 5.87. The molecule has 2 atom stereocenters. The summed E-state index contributed by atoms with van der Waals surface area (Å²) in [6.07, 6.45) is 2.06. The molecule has 0 bridgehead atoms. The minimum absolute atomic E-state index is 0.247. The van der Waals surface area contributed by atoms with Crippen molar-refractivity contribution in [3.8, 4) is 5.75 Å². The van der Waals surface area contributed by atoms with E-state index in [-0.39, 0.29) is 11.9 Å². The topological polar surface area (TPSA) is 75.7 Å². The van der Waals surface area contributed by atoms with Gasteiger partial charge >= 0.3 is 0 Å². The van der Waals surface area contributed by atoms with Gasteiger partial charge in [0.2, 0.25) is 15.9 Å². The van der Waals surface area contributed by atoms with Gasteiger partial charge < -0.3 is 10.1 Å². The van der Waals surface area contributed by atoms with Crippen LogP contribution in [0.15, 0.2) is 48.5 Å². The quantitative estimate of drug-likeness (QED) is 0.637. The number of ether oxygens (including phenoxy) is 1. The first kappa shape index (κ1) is 23.0. The van der Waals surface area contributed by atoms with Crippen molar-refractivity contribution in [1.82, 2.24) is 5.32 Å². The number of nitrogens with one attached hydrogen (secondary N) is 1. The van der Waals surface area contributed by atoms with E-state index in [9.17, 15) is 13.2 Å². The number of methoxy groups -OCH3 is 1. The summed E-state index contributed by atoms with van der Waals surface area (Å²) in [6.45, 7) is 3.74. The molecule has 8 heteroatoms. The summed E-state index contributed by atoms with van der Waals surface area (Å²) >= 11 is 6.05. The summed E-state index contributed by atoms with van der Waals surface area (Å²) in [5.74, 6) is 0.367. The van der Waals surface area contributed by atoms with Crippen molar-refractivity contribution in [2.45, 2.75) is 38.8 Å². The lowest BCUT2D eigenvalue weighted by Gasteiger charge is -2.31. The van der Waals surface area contributed by atoms with Crippen LogP contribution in [0.5, 0.6) is 5.75 Å². The van der Waals surface area contributed by atoms with Crippen LogP contribution in [0.2, 0.25) is 5.02 Å². The van der Waals surface area contributed by atoms with Gasteiger partial charge in [0.15, 0.2) is 0 Å². The van der Waals surface area contributed by atoms with E-state index in [1.54, 1.807) is 38.3 Å². The first-order valence-electron chi connectivity index (χ1n) is 9.40. The molecule has 0 aliphatic carbocycles. The summed E-state index contributed by atoms with van der Waals surface area (Å²) < 4.78 is 31.4. The number of amides is 1. The summed E-state index contributed by atoms with van der Waals surface area (Å²) in [7, 11) is -2.12. The molecule has 0 spiro atoms. The first-order valence-corrected chi connectivity index (χ1v) is 11.6. The fourth-order valence-corrected chi connectivity index (χ4v) is 4.59. The van der Waals surface area contributed by atoms with Crippen molar-refractivity contribution >= 4 is 33.2 Å². The van der Waals surface area contributed by atoms with E-state index in [1.165, 1.54) is 0 Å². The van der Waals surface area contributed by atoms with Crippen molar-refractivity contribution in [3.63, 3.8) is 0 Å². The molecular weight excluding hydrogens is 412 g/mol. The van der Waals surface area contributed by atoms with Crippen LogP contribution in [0, 0.1) is 0 Å². The number of anilines is 1. The molecule has 2 aromatic carbocycles. The Morgan fingerprint density at radius 1 is 1.14 bits per heavy atom. The Hall–Kier alpha value is -2.25. The number of carbonyl (C=O) groups is 1. The Bertz CT molecular complexity index is 932. The van der Waals surface area contributed by atoms with Crippen molar-refractivity contribution in [1.29, 1.82) is 0 Å². The molecule has 0 saturated carbocycles. The monoisotopic (exact) mass is 438 g/mol. The molecule has 1 amide bonds. The van der Waals surface area contributed by atoms with Gasteiger partial charge in [0.05, 0.1) is 25.1 Å². The Balaban J connectivity index is 2.32. The maximum absolute atomic E-state index is 13.1. The zero-order chi connectivity index (χ0) is 21.6. The number of benzene rings is 2. The van der Waals surface area contributed by atoms with E-state index in [0.717, 1.165) is 21.9 Å². The maximum Gasteiger partial charge on any atom is 0.244 e. The molecule has 0 saturated heterocycles. The number of halogens is 1. The van der Waals surface area contributed by atoms with E-state index in [2.05, 4.69) is 5.32 Å². The molecule has 0 aromatic heterocycles. The molecule has 0 fully saturated rings. The molecule has 29 heavy (non-hydrogen) atoms. The van der Waals surface area contributed by atoms with E-state index in [1.807, 2.05) is 31.2 Å². The van der Waals surface area contributed by atoms with Gasteiger partial charge in [-0.25, -0.2) is 8.42 Å². The third-order valence-corrected chi connectivity index (χ3v) is 6.05. The maximum atomic E-state index is 13.1. The largest absolute Gasteiger partial charge is 0.497 e. The van der Waals surface area contributed by atoms with Crippen molar-refractivity contribution in [2.24, 2.45) is 0 Å². The molecule has 0 unspecified atom stereocenters. The zero-order valence-electron chi connectivity index (χ0n) is 17.1. The molecule has 158 valence electrons. The standard InChI is InChI=1S/C21H27ClN2O4S/c1-5-19(15-10-12-18(28-3)13-11-15)23-21(25)20(6-2)24(29(4,26)27)17-9-7-8-16(22)14-17/h7-14,19-20H,5-6H2,1-4H3,(H,23,25)/t19-,20+/m0/s1. The average Bonchev–Trinajstić information content (AvgIpc) is 2.69. The number of hydrogen-bond donors (Lipinski definition) is 1. The van der Waals surface area contributed by atoms with Gasteiger partial charge in [-0.3, -0.25) is 9.10 Å². The third-order valence-electron chi connectivity index (χ3n) is 4.64. The Morgan fingerprint density at radius 2 is 1.79 bits per heavy atom. The lowest BCUT2D eigenvalue weighted by Crippen LogP contribution is -2.50. The molecule has 0 heterocycles. The molecule has 1 N–H and O–H groups in total. The fraction of sp³-hybridized carbons (Fsp3) is 0.381. The lowest BCUT2D eigenvalue weighted by molar-refractivity contribution is -0.123. The van der Waals surface area contributed by atoms with Gasteiger partial charge in [-0.2, -0.15) is 0 Å². The average molecular weight is 439 g/mol. The van der Waals surface area contributed by atoms with Crippen LogP contribution in [0.3, 0.4) is 0 Å². The molecule has 2 aromatic rings. The second kappa shape index (κ2) is 9.98. The van der Waals surface area contributed by atoms with Gasteiger partial charge in [-0.05, 0) is 48.7 Å². The van der Waals surface area contributed by atoms with Gasteiger partial charge in [-0.15, -0.1) is 0 Å². The van der Waals surface area contributed by atoms with Gasteiger partial charge in [0.25, 0.3) is 0 Å². The van der Waals surface area contributed by atoms with Crippen LogP contribution < -0.4 is 14.4 Å². The van der Waals surface area contributed by atoms with Crippen molar-refractivity contribution in [3.05, 3.63) is 59.1 Å². The SMILES string of the molecule is CC[C@H](NC(=O)[C@@H](CC)N(c1cccc(Cl)c1)S(C)(=O)=O)c1ccc(OC)cc1. The van der Waals surface area contributed by atoms with Gasteiger partial charge in [0, 0.05) is 5.02 Å². The molecule has 0 aliphatic rings. The predicted molar refractivity (Wildman–Crippen MR) is 117 cm³/mol. The first-order chi connectivity index (χ1) is 13.7. The normalized spacial score (nSPS) is 13.4. The van der Waals surface area contributed by atoms with Crippen LogP contribution >= 0.6 is 11.6 Å². The summed E-state index contributed by atoms with van der Waals surface area (Å²) in [5, 5.41) is 3.39. The number of sulfonamides is 1. The van der Waals surface area contributed by atoms with E-state index >= 15 is 0 Å². The van der Waals surface area contributed by atoms with Crippen LogP contribution in [-0.2, 0) is 14.8 Å². The zero-order valence-corrected chi connectivity index (χ0v) is 18.6. The van der Waals surface area contributed by atoms with Gasteiger partial charge in [-0.1, -0.05) is 43.6 Å². The Labute approximate surface area is 177 Å². The predicted octanol–water partition coefficient (Wildman–Crippen LogP) is 4.16. The second-order valence-corrected chi connectivity index (χ2v) is 9.00. The number of carbonyl (C=O) groups excluding carboxylic acids is 1. The van der Waals surface area contributed by atoms with E-state index < -0.39 is 16.1 Å². The smallest absolute Gasteiger partial charge is 0.244 e. The van der Waals surface area contributed by atoms with Crippen molar-refractivity contribution in [2.75, 3.05) is 17.7 Å². The molecule has 6 nitrogen and oxygen atoms in total.